The highest BCUT2D eigenvalue weighted by Gasteiger charge is 2.27. The highest BCUT2D eigenvalue weighted by molar-refractivity contribution is 14.1. The van der Waals surface area contributed by atoms with Gasteiger partial charge in [0, 0.05) is 12.1 Å². The minimum atomic E-state index is -0.664. The summed E-state index contributed by atoms with van der Waals surface area (Å²) in [6.07, 6.45) is 1.57. The summed E-state index contributed by atoms with van der Waals surface area (Å²) in [7, 11) is 0. The fraction of sp³-hybridized carbons (Fsp3) is 0.400. The van der Waals surface area contributed by atoms with E-state index in [0.717, 1.165) is 6.20 Å². The number of nitrogens with zero attached hydrogens (tertiary/aromatic N) is 1. The van der Waals surface area contributed by atoms with E-state index in [2.05, 4.69) is 10.4 Å². The summed E-state index contributed by atoms with van der Waals surface area (Å²) in [6, 6.07) is 1.63. The third kappa shape index (κ3) is 3.11. The van der Waals surface area contributed by atoms with E-state index < -0.39 is 5.41 Å². The van der Waals surface area contributed by atoms with Crippen LogP contribution in [0.5, 0.6) is 0 Å². The van der Waals surface area contributed by atoms with Crippen LogP contribution in [0.2, 0.25) is 0 Å². The Morgan fingerprint density at radius 1 is 1.69 bits per heavy atom. The predicted molar refractivity (Wildman–Crippen MR) is 66.7 cm³/mol. The molecule has 0 saturated carbocycles. The highest BCUT2D eigenvalue weighted by atomic mass is 127. The van der Waals surface area contributed by atoms with Crippen LogP contribution in [0.4, 0.5) is 4.39 Å². The normalized spacial score (nSPS) is 11.3. The molecule has 0 bridgehead atoms. The van der Waals surface area contributed by atoms with Crippen molar-refractivity contribution in [2.24, 2.45) is 11.3 Å². The number of nitrogens with one attached hydrogen (secondary N) is 1. The molecule has 0 atom stereocenters. The summed E-state index contributed by atoms with van der Waals surface area (Å²) in [5.74, 6) is 4.46. The Morgan fingerprint density at radius 3 is 2.81 bits per heavy atom. The number of aromatic nitrogens is 1. The molecule has 0 spiro atoms. The van der Waals surface area contributed by atoms with Crippen LogP contribution in [0.1, 0.15) is 19.5 Å². The third-order valence-corrected chi connectivity index (χ3v) is 3.06. The fourth-order valence-electron chi connectivity index (χ4n) is 1.28. The smallest absolute Gasteiger partial charge is 0.239 e. The molecule has 1 heterocycles. The van der Waals surface area contributed by atoms with Gasteiger partial charge < -0.3 is 0 Å². The molecule has 0 aliphatic heterocycles. The number of nitrogens with two attached hydrogens (primary N) is 1. The largest absolute Gasteiger partial charge is 0.294 e. The fourth-order valence-corrected chi connectivity index (χ4v) is 1.78. The average molecular weight is 337 g/mol. The second kappa shape index (κ2) is 5.05. The van der Waals surface area contributed by atoms with Crippen LogP contribution in [-0.2, 0) is 11.2 Å². The molecule has 6 heteroatoms. The molecule has 0 aliphatic rings. The number of carbonyl (C=O) groups excluding carboxylic acids is 1. The predicted octanol–water partition coefficient (Wildman–Crippen LogP) is 1.38. The first-order chi connectivity index (χ1) is 7.36. The van der Waals surface area contributed by atoms with Crippen molar-refractivity contribution in [3.63, 3.8) is 0 Å². The second-order valence-corrected chi connectivity index (χ2v) is 5.29. The zero-order valence-electron chi connectivity index (χ0n) is 9.05. The molecule has 0 saturated heterocycles. The van der Waals surface area contributed by atoms with Crippen LogP contribution < -0.4 is 11.3 Å². The lowest BCUT2D eigenvalue weighted by Gasteiger charge is -2.21. The molecular formula is C10H13FIN3O. The maximum absolute atomic E-state index is 13.0. The topological polar surface area (TPSA) is 68.0 Å². The van der Waals surface area contributed by atoms with E-state index in [1.807, 2.05) is 22.6 Å². The molecule has 0 radical (unpaired) electrons. The van der Waals surface area contributed by atoms with Gasteiger partial charge in [0.2, 0.25) is 5.91 Å². The van der Waals surface area contributed by atoms with Gasteiger partial charge in [-0.15, -0.1) is 0 Å². The number of halogens is 2. The first-order valence-corrected chi connectivity index (χ1v) is 5.75. The van der Waals surface area contributed by atoms with Crippen LogP contribution in [0.25, 0.3) is 0 Å². The minimum Gasteiger partial charge on any atom is -0.294 e. The lowest BCUT2D eigenvalue weighted by molar-refractivity contribution is -0.129. The van der Waals surface area contributed by atoms with E-state index in [4.69, 9.17) is 5.84 Å². The number of hydrogen-bond donors (Lipinski definition) is 2. The summed E-state index contributed by atoms with van der Waals surface area (Å²) >= 11 is 1.89. The molecule has 0 fully saturated rings. The summed E-state index contributed by atoms with van der Waals surface area (Å²) in [6.45, 7) is 3.51. The van der Waals surface area contributed by atoms with E-state index in [1.54, 1.807) is 19.9 Å². The molecule has 16 heavy (non-hydrogen) atoms. The Bertz CT molecular complexity index is 409. The van der Waals surface area contributed by atoms with Gasteiger partial charge in [0.05, 0.1) is 15.2 Å². The monoisotopic (exact) mass is 337 g/mol. The van der Waals surface area contributed by atoms with Crippen molar-refractivity contribution in [1.82, 2.24) is 10.4 Å². The van der Waals surface area contributed by atoms with Gasteiger partial charge in [-0.25, -0.2) is 10.2 Å². The molecule has 0 unspecified atom stereocenters. The summed E-state index contributed by atoms with van der Waals surface area (Å²) in [5, 5.41) is 0. The molecule has 0 aromatic carbocycles. The van der Waals surface area contributed by atoms with Gasteiger partial charge in [0.1, 0.15) is 0 Å². The molecule has 88 valence electrons. The second-order valence-electron chi connectivity index (χ2n) is 4.12. The third-order valence-electron chi connectivity index (χ3n) is 2.23. The van der Waals surface area contributed by atoms with Crippen LogP contribution in [0, 0.1) is 14.8 Å². The van der Waals surface area contributed by atoms with Gasteiger partial charge in [0.25, 0.3) is 0 Å². The molecule has 3 N–H and O–H groups in total. The Hall–Kier alpha value is -0.760. The maximum atomic E-state index is 13.0. The Balaban J connectivity index is 2.88. The van der Waals surface area contributed by atoms with Crippen molar-refractivity contribution in [3.8, 4) is 0 Å². The molecule has 0 aliphatic carbocycles. The number of amides is 1. The Labute approximate surface area is 107 Å². The lowest BCUT2D eigenvalue weighted by Crippen LogP contribution is -2.42. The standard InChI is InChI=1S/C10H13FIN3O/c1-10(2,9(16)15-13)4-6-3-8(12)7(11)5-14-6/h3,5H,4,13H2,1-2H3,(H,15,16). The van der Waals surface area contributed by atoms with Gasteiger partial charge in [-0.05, 0) is 28.7 Å². The van der Waals surface area contributed by atoms with Crippen molar-refractivity contribution in [1.29, 1.82) is 0 Å². The number of hydrazine groups is 1. The number of carbonyl (C=O) groups is 1. The van der Waals surface area contributed by atoms with Crippen molar-refractivity contribution in [2.45, 2.75) is 20.3 Å². The van der Waals surface area contributed by atoms with E-state index in [1.165, 1.54) is 0 Å². The van der Waals surface area contributed by atoms with Gasteiger partial charge in [-0.3, -0.25) is 15.2 Å². The van der Waals surface area contributed by atoms with Crippen molar-refractivity contribution in [2.75, 3.05) is 0 Å². The SMILES string of the molecule is CC(C)(Cc1cc(I)c(F)cn1)C(=O)NN. The number of pyridine rings is 1. The van der Waals surface area contributed by atoms with E-state index >= 15 is 0 Å². The molecule has 1 rings (SSSR count). The molecule has 4 nitrogen and oxygen atoms in total. The van der Waals surface area contributed by atoms with Gasteiger partial charge in [-0.2, -0.15) is 0 Å². The molecule has 1 aromatic rings. The van der Waals surface area contributed by atoms with E-state index in [-0.39, 0.29) is 11.7 Å². The van der Waals surface area contributed by atoms with Crippen LogP contribution >= 0.6 is 22.6 Å². The van der Waals surface area contributed by atoms with E-state index in [0.29, 0.717) is 15.7 Å². The van der Waals surface area contributed by atoms with E-state index in [9.17, 15) is 9.18 Å². The Kier molecular flexibility index (Phi) is 4.20. The highest BCUT2D eigenvalue weighted by Crippen LogP contribution is 2.22. The maximum Gasteiger partial charge on any atom is 0.239 e. The quantitative estimate of drug-likeness (QED) is 0.379. The zero-order valence-corrected chi connectivity index (χ0v) is 11.2. The van der Waals surface area contributed by atoms with Crippen molar-refractivity contribution >= 4 is 28.5 Å². The van der Waals surface area contributed by atoms with Crippen LogP contribution in [-0.4, -0.2) is 10.9 Å². The van der Waals surface area contributed by atoms with Crippen molar-refractivity contribution in [3.05, 3.63) is 27.3 Å². The number of hydrogen-bond acceptors (Lipinski definition) is 3. The minimum absolute atomic E-state index is 0.270. The first kappa shape index (κ1) is 13.3. The van der Waals surface area contributed by atoms with Gasteiger partial charge in [-0.1, -0.05) is 13.8 Å². The summed E-state index contributed by atoms with van der Waals surface area (Å²) < 4.78 is 13.5. The summed E-state index contributed by atoms with van der Waals surface area (Å²) in [4.78, 5) is 15.4. The lowest BCUT2D eigenvalue weighted by atomic mass is 9.87. The van der Waals surface area contributed by atoms with Gasteiger partial charge in [0.15, 0.2) is 5.82 Å². The van der Waals surface area contributed by atoms with Crippen LogP contribution in [0.3, 0.4) is 0 Å². The van der Waals surface area contributed by atoms with Gasteiger partial charge >= 0.3 is 0 Å². The zero-order chi connectivity index (χ0) is 12.3. The Morgan fingerprint density at radius 2 is 2.31 bits per heavy atom. The average Bonchev–Trinajstić information content (AvgIpc) is 2.22. The molecular weight excluding hydrogens is 324 g/mol. The number of rotatable bonds is 3. The molecule has 1 aromatic heterocycles. The van der Waals surface area contributed by atoms with Crippen LogP contribution in [0.15, 0.2) is 12.3 Å². The molecule has 1 amide bonds. The summed E-state index contributed by atoms with van der Waals surface area (Å²) in [5.41, 5.74) is 2.11. The van der Waals surface area contributed by atoms with Crippen molar-refractivity contribution < 1.29 is 9.18 Å². The first-order valence-electron chi connectivity index (χ1n) is 4.68.